The molecule has 0 aliphatic heterocycles. The second-order valence-electron chi connectivity index (χ2n) is 7.30. The highest BCUT2D eigenvalue weighted by atomic mass is 19.4. The lowest BCUT2D eigenvalue weighted by atomic mass is 10.1. The number of benzene rings is 1. The number of amides is 2. The SMILES string of the molecule is CC(C)N(Cc1ccn2ncc(C(N)=O)c2c1)C(=O)C=Cc1ccc(C(F)(F)F)cc1. The van der Waals surface area contributed by atoms with E-state index in [-0.39, 0.29) is 24.1 Å². The lowest BCUT2D eigenvalue weighted by Crippen LogP contribution is -2.35. The molecule has 0 aliphatic carbocycles. The summed E-state index contributed by atoms with van der Waals surface area (Å²) in [6.07, 6.45) is 1.47. The van der Waals surface area contributed by atoms with Crippen LogP contribution in [0.1, 0.15) is 40.9 Å². The van der Waals surface area contributed by atoms with E-state index in [1.165, 1.54) is 35.0 Å². The summed E-state index contributed by atoms with van der Waals surface area (Å²) in [4.78, 5) is 25.9. The second-order valence-corrected chi connectivity index (χ2v) is 7.30. The molecule has 3 rings (SSSR count). The summed E-state index contributed by atoms with van der Waals surface area (Å²) in [7, 11) is 0. The fraction of sp³-hybridized carbons (Fsp3) is 0.227. The van der Waals surface area contributed by atoms with Crippen LogP contribution in [0.5, 0.6) is 0 Å². The summed E-state index contributed by atoms with van der Waals surface area (Å²) in [6, 6.07) is 7.96. The number of alkyl halides is 3. The number of primary amides is 1. The zero-order valence-electron chi connectivity index (χ0n) is 16.9. The fourth-order valence-corrected chi connectivity index (χ4v) is 3.07. The highest BCUT2D eigenvalue weighted by molar-refractivity contribution is 5.99. The molecule has 2 N–H and O–H groups in total. The Morgan fingerprint density at radius 3 is 2.45 bits per heavy atom. The van der Waals surface area contributed by atoms with Crippen molar-refractivity contribution < 1.29 is 22.8 Å². The van der Waals surface area contributed by atoms with E-state index in [4.69, 9.17) is 5.73 Å². The fourth-order valence-electron chi connectivity index (χ4n) is 3.07. The van der Waals surface area contributed by atoms with Crippen LogP contribution in [0.15, 0.2) is 54.9 Å². The van der Waals surface area contributed by atoms with Gasteiger partial charge in [-0.2, -0.15) is 18.3 Å². The van der Waals surface area contributed by atoms with E-state index in [1.807, 2.05) is 13.8 Å². The van der Waals surface area contributed by atoms with Crippen LogP contribution in [0.4, 0.5) is 13.2 Å². The first-order chi connectivity index (χ1) is 14.6. The molecule has 0 saturated carbocycles. The van der Waals surface area contributed by atoms with Gasteiger partial charge in [-0.15, -0.1) is 0 Å². The maximum absolute atomic E-state index is 12.7. The summed E-state index contributed by atoms with van der Waals surface area (Å²) in [5, 5.41) is 4.07. The van der Waals surface area contributed by atoms with Gasteiger partial charge in [0.15, 0.2) is 0 Å². The zero-order valence-corrected chi connectivity index (χ0v) is 16.9. The first kappa shape index (κ1) is 22.1. The molecule has 2 heterocycles. The minimum absolute atomic E-state index is 0.137. The van der Waals surface area contributed by atoms with Gasteiger partial charge in [-0.1, -0.05) is 12.1 Å². The Kier molecular flexibility index (Phi) is 6.14. The van der Waals surface area contributed by atoms with Crippen LogP contribution in [0.25, 0.3) is 11.6 Å². The minimum Gasteiger partial charge on any atom is -0.365 e. The Labute approximate surface area is 176 Å². The number of halogens is 3. The van der Waals surface area contributed by atoms with Gasteiger partial charge in [-0.05, 0) is 55.3 Å². The van der Waals surface area contributed by atoms with Gasteiger partial charge >= 0.3 is 6.18 Å². The highest BCUT2D eigenvalue weighted by Crippen LogP contribution is 2.29. The van der Waals surface area contributed by atoms with E-state index in [1.54, 1.807) is 23.2 Å². The summed E-state index contributed by atoms with van der Waals surface area (Å²) in [5.74, 6) is -0.887. The quantitative estimate of drug-likeness (QED) is 0.603. The third kappa shape index (κ3) is 5.11. The first-order valence-corrected chi connectivity index (χ1v) is 9.48. The monoisotopic (exact) mass is 430 g/mol. The van der Waals surface area contributed by atoms with Crippen molar-refractivity contribution in [2.24, 2.45) is 5.73 Å². The normalized spacial score (nSPS) is 12.1. The van der Waals surface area contributed by atoms with E-state index >= 15 is 0 Å². The smallest absolute Gasteiger partial charge is 0.365 e. The molecule has 0 atom stereocenters. The molecule has 0 aliphatic rings. The van der Waals surface area contributed by atoms with Gasteiger partial charge < -0.3 is 10.6 Å². The number of carbonyl (C=O) groups is 2. The standard InChI is InChI=1S/C22H21F3N4O2/c1-14(2)28(13-16-9-10-29-19(11-16)18(12-27-29)21(26)31)20(30)8-5-15-3-6-17(7-4-15)22(23,24)25/h3-12,14H,13H2,1-2H3,(H2,26,31). The van der Waals surface area contributed by atoms with Gasteiger partial charge in [0.1, 0.15) is 0 Å². The molecule has 6 nitrogen and oxygen atoms in total. The third-order valence-electron chi connectivity index (χ3n) is 4.77. The number of hydrogen-bond donors (Lipinski definition) is 1. The molecular weight excluding hydrogens is 409 g/mol. The van der Waals surface area contributed by atoms with E-state index in [2.05, 4.69) is 5.10 Å². The molecule has 0 radical (unpaired) electrons. The number of pyridine rings is 1. The zero-order chi connectivity index (χ0) is 22.8. The maximum atomic E-state index is 12.7. The molecule has 31 heavy (non-hydrogen) atoms. The Hall–Kier alpha value is -3.62. The average Bonchev–Trinajstić information content (AvgIpc) is 3.13. The van der Waals surface area contributed by atoms with Crippen LogP contribution in [-0.4, -0.2) is 32.4 Å². The Morgan fingerprint density at radius 1 is 1.19 bits per heavy atom. The minimum atomic E-state index is -4.41. The number of fused-ring (bicyclic) bond motifs is 1. The number of aromatic nitrogens is 2. The number of carbonyl (C=O) groups excluding carboxylic acids is 2. The lowest BCUT2D eigenvalue weighted by molar-refractivity contribution is -0.137. The molecule has 1 aromatic carbocycles. The van der Waals surface area contributed by atoms with Crippen LogP contribution < -0.4 is 5.73 Å². The maximum Gasteiger partial charge on any atom is 0.416 e. The van der Waals surface area contributed by atoms with Crippen LogP contribution in [0.3, 0.4) is 0 Å². The number of hydrogen-bond acceptors (Lipinski definition) is 3. The second kappa shape index (κ2) is 8.63. The van der Waals surface area contributed by atoms with Gasteiger partial charge in [-0.25, -0.2) is 4.52 Å². The molecule has 162 valence electrons. The van der Waals surface area contributed by atoms with Gasteiger partial charge in [0.05, 0.1) is 22.8 Å². The van der Waals surface area contributed by atoms with Crippen molar-refractivity contribution >= 4 is 23.4 Å². The van der Waals surface area contributed by atoms with E-state index in [0.29, 0.717) is 11.1 Å². The first-order valence-electron chi connectivity index (χ1n) is 9.48. The number of nitrogens with two attached hydrogens (primary N) is 1. The molecule has 0 saturated heterocycles. The Bertz CT molecular complexity index is 1130. The summed E-state index contributed by atoms with van der Waals surface area (Å²) < 4.78 is 39.5. The third-order valence-corrected chi connectivity index (χ3v) is 4.77. The average molecular weight is 430 g/mol. The molecule has 3 aromatic rings. The molecule has 0 unspecified atom stereocenters. The van der Waals surface area contributed by atoms with Crippen LogP contribution in [0.2, 0.25) is 0 Å². The van der Waals surface area contributed by atoms with Crippen molar-refractivity contribution in [2.75, 3.05) is 0 Å². The molecule has 2 amide bonds. The molecule has 0 spiro atoms. The molecule has 0 fully saturated rings. The van der Waals surface area contributed by atoms with E-state index in [0.717, 1.165) is 17.7 Å². The highest BCUT2D eigenvalue weighted by Gasteiger charge is 2.29. The number of nitrogens with zero attached hydrogens (tertiary/aromatic N) is 3. The van der Waals surface area contributed by atoms with Gasteiger partial charge in [0.2, 0.25) is 5.91 Å². The summed E-state index contributed by atoms with van der Waals surface area (Å²) in [5.41, 5.74) is 6.71. The van der Waals surface area contributed by atoms with Gasteiger partial charge in [0.25, 0.3) is 5.91 Å². The topological polar surface area (TPSA) is 80.7 Å². The van der Waals surface area contributed by atoms with Crippen molar-refractivity contribution in [1.29, 1.82) is 0 Å². The van der Waals surface area contributed by atoms with Gasteiger partial charge in [0, 0.05) is 24.9 Å². The van der Waals surface area contributed by atoms with Crippen molar-refractivity contribution in [3.05, 3.63) is 77.1 Å². The Morgan fingerprint density at radius 2 is 1.87 bits per heavy atom. The predicted octanol–water partition coefficient (Wildman–Crippen LogP) is 3.90. The van der Waals surface area contributed by atoms with Crippen LogP contribution in [0, 0.1) is 0 Å². The van der Waals surface area contributed by atoms with Crippen LogP contribution in [-0.2, 0) is 17.5 Å². The van der Waals surface area contributed by atoms with Crippen molar-refractivity contribution in [1.82, 2.24) is 14.5 Å². The lowest BCUT2D eigenvalue weighted by Gasteiger charge is -2.25. The van der Waals surface area contributed by atoms with Crippen molar-refractivity contribution in [2.45, 2.75) is 32.6 Å². The molecule has 9 heteroatoms. The molecule has 0 bridgehead atoms. The molecular formula is C22H21F3N4O2. The predicted molar refractivity (Wildman–Crippen MR) is 110 cm³/mol. The van der Waals surface area contributed by atoms with Crippen molar-refractivity contribution in [3.63, 3.8) is 0 Å². The Balaban J connectivity index is 1.78. The van der Waals surface area contributed by atoms with E-state index in [9.17, 15) is 22.8 Å². The molecule has 2 aromatic heterocycles. The summed E-state index contributed by atoms with van der Waals surface area (Å²) in [6.45, 7) is 3.99. The van der Waals surface area contributed by atoms with Gasteiger partial charge in [-0.3, -0.25) is 9.59 Å². The van der Waals surface area contributed by atoms with Crippen LogP contribution >= 0.6 is 0 Å². The number of rotatable bonds is 6. The van der Waals surface area contributed by atoms with E-state index < -0.39 is 17.6 Å². The summed E-state index contributed by atoms with van der Waals surface area (Å²) >= 11 is 0. The van der Waals surface area contributed by atoms with Crippen molar-refractivity contribution in [3.8, 4) is 0 Å². The largest absolute Gasteiger partial charge is 0.416 e.